The standard InChI is InChI=1S/C15H13ClN2O/c1-19-14-7-6-11(16)8-13(14)18-9-10-4-2-3-5-12(10)15(18)17/h2-8,17H,9H2,1H3/p+1. The Bertz CT molecular complexity index is 680. The maximum atomic E-state index is 6.24. The molecule has 19 heavy (non-hydrogen) atoms. The van der Waals surface area contributed by atoms with Gasteiger partial charge in [-0.05, 0) is 18.2 Å². The van der Waals surface area contributed by atoms with Gasteiger partial charge >= 0.3 is 0 Å². The summed E-state index contributed by atoms with van der Waals surface area (Å²) in [5, 5.41) is 0.666. The van der Waals surface area contributed by atoms with Gasteiger partial charge in [-0.15, -0.1) is 0 Å². The van der Waals surface area contributed by atoms with Crippen molar-refractivity contribution in [1.82, 2.24) is 0 Å². The van der Waals surface area contributed by atoms with Gasteiger partial charge in [-0.25, -0.2) is 4.58 Å². The molecule has 0 amide bonds. The Balaban J connectivity index is 2.15. The summed E-state index contributed by atoms with van der Waals surface area (Å²) in [6.07, 6.45) is 0. The molecule has 0 bridgehead atoms. The molecule has 0 saturated carbocycles. The Morgan fingerprint density at radius 1 is 1.21 bits per heavy atom. The van der Waals surface area contributed by atoms with Crippen molar-refractivity contribution in [2.75, 3.05) is 7.11 Å². The Morgan fingerprint density at radius 2 is 2.00 bits per heavy atom. The van der Waals surface area contributed by atoms with Gasteiger partial charge in [0.15, 0.2) is 11.4 Å². The first kappa shape index (κ1) is 12.1. The highest BCUT2D eigenvalue weighted by molar-refractivity contribution is 6.30. The quantitative estimate of drug-likeness (QED) is 0.855. The molecule has 3 nitrogen and oxygen atoms in total. The highest BCUT2D eigenvalue weighted by atomic mass is 35.5. The van der Waals surface area contributed by atoms with E-state index >= 15 is 0 Å². The molecule has 3 rings (SSSR count). The second kappa shape index (κ2) is 4.59. The van der Waals surface area contributed by atoms with Crippen molar-refractivity contribution in [3.63, 3.8) is 0 Å². The highest BCUT2D eigenvalue weighted by Crippen LogP contribution is 2.33. The molecule has 0 aromatic heterocycles. The van der Waals surface area contributed by atoms with E-state index in [-0.39, 0.29) is 0 Å². The van der Waals surface area contributed by atoms with Gasteiger partial charge in [0, 0.05) is 16.7 Å². The van der Waals surface area contributed by atoms with E-state index in [0.717, 1.165) is 29.4 Å². The summed E-state index contributed by atoms with van der Waals surface area (Å²) in [5.41, 5.74) is 9.42. The third-order valence-electron chi connectivity index (χ3n) is 3.34. The number of hydrogen-bond acceptors (Lipinski definition) is 2. The lowest BCUT2D eigenvalue weighted by atomic mass is 10.1. The lowest BCUT2D eigenvalue weighted by molar-refractivity contribution is -0.453. The van der Waals surface area contributed by atoms with E-state index in [1.807, 2.05) is 41.0 Å². The zero-order valence-corrected chi connectivity index (χ0v) is 11.3. The van der Waals surface area contributed by atoms with Crippen LogP contribution in [0.25, 0.3) is 0 Å². The monoisotopic (exact) mass is 273 g/mol. The third kappa shape index (κ3) is 1.96. The normalized spacial score (nSPS) is 13.6. The minimum absolute atomic E-state index is 0.666. The fourth-order valence-corrected chi connectivity index (χ4v) is 2.56. The fraction of sp³-hybridized carbons (Fsp3) is 0.133. The van der Waals surface area contributed by atoms with Crippen molar-refractivity contribution >= 4 is 23.1 Å². The minimum Gasteiger partial charge on any atom is -0.492 e. The van der Waals surface area contributed by atoms with Gasteiger partial charge in [-0.1, -0.05) is 29.8 Å². The maximum Gasteiger partial charge on any atom is 0.280 e. The molecule has 0 unspecified atom stereocenters. The number of nitrogens with zero attached hydrogens (tertiary/aromatic N) is 1. The summed E-state index contributed by atoms with van der Waals surface area (Å²) in [5.74, 6) is 1.50. The second-order valence-electron chi connectivity index (χ2n) is 4.44. The van der Waals surface area contributed by atoms with Crippen molar-refractivity contribution in [3.05, 3.63) is 58.6 Å². The lowest BCUT2D eigenvalue weighted by Gasteiger charge is -2.08. The van der Waals surface area contributed by atoms with Gasteiger partial charge in [-0.2, -0.15) is 0 Å². The molecule has 0 radical (unpaired) electrons. The maximum absolute atomic E-state index is 6.24. The molecular formula is C15H14ClN2O+. The van der Waals surface area contributed by atoms with Crippen LogP contribution < -0.4 is 10.5 Å². The number of halogens is 1. The predicted octanol–water partition coefficient (Wildman–Crippen LogP) is 2.91. The van der Waals surface area contributed by atoms with E-state index in [0.29, 0.717) is 5.02 Å². The van der Waals surface area contributed by atoms with Crippen LogP contribution >= 0.6 is 11.6 Å². The molecule has 0 saturated heterocycles. The Labute approximate surface area is 116 Å². The number of ether oxygens (including phenoxy) is 1. The van der Waals surface area contributed by atoms with Crippen LogP contribution in [0.1, 0.15) is 11.1 Å². The first-order chi connectivity index (χ1) is 9.20. The minimum atomic E-state index is 0.666. The van der Waals surface area contributed by atoms with Crippen molar-refractivity contribution < 1.29 is 9.31 Å². The zero-order chi connectivity index (χ0) is 13.4. The molecule has 2 aromatic rings. The molecule has 0 atom stereocenters. The van der Waals surface area contributed by atoms with Crippen LogP contribution in [0.3, 0.4) is 0 Å². The van der Waals surface area contributed by atoms with Crippen LogP contribution in [0.4, 0.5) is 5.69 Å². The van der Waals surface area contributed by atoms with Gasteiger partial charge in [0.2, 0.25) is 0 Å². The Morgan fingerprint density at radius 3 is 2.74 bits per heavy atom. The van der Waals surface area contributed by atoms with E-state index < -0.39 is 0 Å². The zero-order valence-electron chi connectivity index (χ0n) is 10.6. The van der Waals surface area contributed by atoms with Crippen LogP contribution in [0.15, 0.2) is 42.5 Å². The van der Waals surface area contributed by atoms with Crippen LogP contribution in [0.2, 0.25) is 5.02 Å². The number of fused-ring (bicyclic) bond motifs is 1. The summed E-state index contributed by atoms with van der Waals surface area (Å²) in [7, 11) is 1.64. The van der Waals surface area contributed by atoms with Gasteiger partial charge in [0.1, 0.15) is 6.54 Å². The molecule has 1 heterocycles. The molecule has 0 fully saturated rings. The molecule has 1 aliphatic rings. The number of methoxy groups -OCH3 is 1. The molecule has 1 aliphatic heterocycles. The summed E-state index contributed by atoms with van der Waals surface area (Å²) in [6, 6.07) is 13.7. The average Bonchev–Trinajstić information content (AvgIpc) is 2.76. The van der Waals surface area contributed by atoms with Gasteiger partial charge < -0.3 is 4.74 Å². The molecule has 2 N–H and O–H groups in total. The largest absolute Gasteiger partial charge is 0.492 e. The van der Waals surface area contributed by atoms with Gasteiger partial charge in [0.05, 0.1) is 12.7 Å². The Hall–Kier alpha value is -2.00. The number of rotatable bonds is 2. The van der Waals surface area contributed by atoms with Gasteiger partial charge in [-0.3, -0.25) is 5.73 Å². The van der Waals surface area contributed by atoms with Crippen LogP contribution in [0.5, 0.6) is 5.75 Å². The average molecular weight is 274 g/mol. The van der Waals surface area contributed by atoms with Gasteiger partial charge in [0.25, 0.3) is 5.84 Å². The summed E-state index contributed by atoms with van der Waals surface area (Å²) >= 11 is 6.08. The van der Waals surface area contributed by atoms with E-state index in [1.165, 1.54) is 5.56 Å². The first-order valence-corrected chi connectivity index (χ1v) is 6.40. The van der Waals surface area contributed by atoms with E-state index in [4.69, 9.17) is 22.1 Å². The molecule has 0 aliphatic carbocycles. The van der Waals surface area contributed by atoms with Crippen LogP contribution in [-0.4, -0.2) is 17.5 Å². The van der Waals surface area contributed by atoms with E-state index in [1.54, 1.807) is 7.11 Å². The summed E-state index contributed by atoms with van der Waals surface area (Å²) in [4.78, 5) is 0. The van der Waals surface area contributed by atoms with Crippen molar-refractivity contribution in [3.8, 4) is 5.75 Å². The van der Waals surface area contributed by atoms with E-state index in [2.05, 4.69) is 6.07 Å². The Kier molecular flexibility index (Phi) is 2.91. The van der Waals surface area contributed by atoms with Crippen LogP contribution in [0, 0.1) is 0 Å². The summed E-state index contributed by atoms with van der Waals surface area (Å²) < 4.78 is 7.41. The molecule has 96 valence electrons. The van der Waals surface area contributed by atoms with Crippen molar-refractivity contribution in [2.45, 2.75) is 6.54 Å². The fourth-order valence-electron chi connectivity index (χ4n) is 2.40. The third-order valence-corrected chi connectivity index (χ3v) is 3.58. The first-order valence-electron chi connectivity index (χ1n) is 6.02. The van der Waals surface area contributed by atoms with Crippen LogP contribution in [-0.2, 0) is 6.54 Å². The van der Waals surface area contributed by atoms with Crippen molar-refractivity contribution in [2.24, 2.45) is 5.73 Å². The number of benzene rings is 2. The number of hydrogen-bond donors (Lipinski definition) is 1. The molecule has 0 spiro atoms. The lowest BCUT2D eigenvalue weighted by Crippen LogP contribution is -2.20. The SMILES string of the molecule is COc1ccc(Cl)cc1[N+]1=C(N)c2ccccc2C1. The molecular weight excluding hydrogens is 260 g/mol. The highest BCUT2D eigenvalue weighted by Gasteiger charge is 2.27. The predicted molar refractivity (Wildman–Crippen MR) is 76.4 cm³/mol. The molecule has 4 heteroatoms. The number of nitrogens with two attached hydrogens (primary N) is 1. The number of amidine groups is 1. The smallest absolute Gasteiger partial charge is 0.280 e. The molecule has 2 aromatic carbocycles. The van der Waals surface area contributed by atoms with Crippen molar-refractivity contribution in [1.29, 1.82) is 0 Å². The van der Waals surface area contributed by atoms with E-state index in [9.17, 15) is 0 Å². The second-order valence-corrected chi connectivity index (χ2v) is 4.88. The summed E-state index contributed by atoms with van der Waals surface area (Å²) in [6.45, 7) is 0.735. The topological polar surface area (TPSA) is 38.3 Å².